The summed E-state index contributed by atoms with van der Waals surface area (Å²) in [5.74, 6) is 0.681. The molecule has 1 fully saturated rings. The van der Waals surface area contributed by atoms with Gasteiger partial charge in [0.15, 0.2) is 0 Å². The fourth-order valence-electron chi connectivity index (χ4n) is 3.24. The zero-order valence-electron chi connectivity index (χ0n) is 14.1. The van der Waals surface area contributed by atoms with Gasteiger partial charge in [-0.1, -0.05) is 19.1 Å². The summed E-state index contributed by atoms with van der Waals surface area (Å²) in [5, 5.41) is 3.33. The molecule has 0 saturated carbocycles. The molecule has 1 amide bonds. The molecule has 2 heterocycles. The van der Waals surface area contributed by atoms with E-state index in [9.17, 15) is 9.18 Å². The second-order valence-corrected chi connectivity index (χ2v) is 6.36. The van der Waals surface area contributed by atoms with Crippen LogP contribution in [0, 0.1) is 5.82 Å². The van der Waals surface area contributed by atoms with Crippen LogP contribution in [0.5, 0.6) is 0 Å². The van der Waals surface area contributed by atoms with Gasteiger partial charge in [-0.25, -0.2) is 9.37 Å². The Morgan fingerprint density at radius 2 is 2.33 bits per heavy atom. The summed E-state index contributed by atoms with van der Waals surface area (Å²) in [5.41, 5.74) is 0.854. The molecule has 1 aliphatic heterocycles. The summed E-state index contributed by atoms with van der Waals surface area (Å²) in [4.78, 5) is 19.1. The molecule has 1 N–H and O–H groups in total. The maximum atomic E-state index is 13.4. The minimum Gasteiger partial charge on any atom is -0.336 e. The molecule has 24 heavy (non-hydrogen) atoms. The van der Waals surface area contributed by atoms with Gasteiger partial charge in [-0.3, -0.25) is 4.79 Å². The summed E-state index contributed by atoms with van der Waals surface area (Å²) in [6, 6.07) is 6.42. The van der Waals surface area contributed by atoms with Crippen molar-refractivity contribution in [1.82, 2.24) is 19.8 Å². The van der Waals surface area contributed by atoms with Crippen molar-refractivity contribution in [3.05, 3.63) is 53.9 Å². The van der Waals surface area contributed by atoms with E-state index < -0.39 is 0 Å². The fourth-order valence-corrected chi connectivity index (χ4v) is 3.24. The highest BCUT2D eigenvalue weighted by Crippen LogP contribution is 2.25. The smallest absolute Gasteiger partial charge is 0.223 e. The van der Waals surface area contributed by atoms with E-state index in [1.165, 1.54) is 12.1 Å². The van der Waals surface area contributed by atoms with Gasteiger partial charge in [-0.05, 0) is 23.6 Å². The number of aromatic nitrogens is 2. The van der Waals surface area contributed by atoms with Crippen molar-refractivity contribution in [3.8, 4) is 0 Å². The van der Waals surface area contributed by atoms with Crippen LogP contribution in [0.2, 0.25) is 0 Å². The van der Waals surface area contributed by atoms with Crippen LogP contribution in [-0.2, 0) is 11.8 Å². The molecule has 2 aromatic rings. The Hall–Kier alpha value is -2.21. The lowest BCUT2D eigenvalue weighted by Gasteiger charge is -2.36. The second kappa shape index (κ2) is 7.13. The van der Waals surface area contributed by atoms with Gasteiger partial charge in [0.2, 0.25) is 5.91 Å². The first-order chi connectivity index (χ1) is 11.6. The fraction of sp³-hybridized carbons (Fsp3) is 0.444. The zero-order chi connectivity index (χ0) is 17.1. The molecule has 128 valence electrons. The summed E-state index contributed by atoms with van der Waals surface area (Å²) < 4.78 is 15.3. The van der Waals surface area contributed by atoms with Gasteiger partial charge in [-0.15, -0.1) is 0 Å². The van der Waals surface area contributed by atoms with E-state index in [1.807, 2.05) is 35.7 Å². The van der Waals surface area contributed by atoms with Crippen LogP contribution >= 0.6 is 0 Å². The molecule has 2 atom stereocenters. The van der Waals surface area contributed by atoms with Crippen LogP contribution in [-0.4, -0.2) is 40.0 Å². The predicted molar refractivity (Wildman–Crippen MR) is 90.0 cm³/mol. The van der Waals surface area contributed by atoms with Crippen LogP contribution in [0.3, 0.4) is 0 Å². The standard InChI is InChI=1S/C18H23FN4O/c1-13(14-4-3-5-15(19)11-14)10-17(24)23-9-6-20-12-16(23)18-21-7-8-22(18)2/h3-5,7-8,11,13,16,20H,6,9-10,12H2,1-2H3. The lowest BCUT2D eigenvalue weighted by atomic mass is 9.96. The Balaban J connectivity index is 1.73. The number of carbonyl (C=O) groups excluding carboxylic acids is 1. The Morgan fingerprint density at radius 3 is 3.04 bits per heavy atom. The Bertz CT molecular complexity index is 715. The Kier molecular flexibility index (Phi) is 4.94. The van der Waals surface area contributed by atoms with Crippen LogP contribution in [0.25, 0.3) is 0 Å². The van der Waals surface area contributed by atoms with Gasteiger partial charge in [0.1, 0.15) is 17.7 Å². The number of hydrogen-bond donors (Lipinski definition) is 1. The van der Waals surface area contributed by atoms with Crippen molar-refractivity contribution in [2.24, 2.45) is 7.05 Å². The molecule has 1 aromatic carbocycles. The maximum absolute atomic E-state index is 13.4. The first-order valence-corrected chi connectivity index (χ1v) is 8.29. The molecule has 1 aliphatic rings. The first-order valence-electron chi connectivity index (χ1n) is 8.29. The molecule has 0 aliphatic carbocycles. The highest BCUT2D eigenvalue weighted by atomic mass is 19.1. The number of nitrogens with one attached hydrogen (secondary N) is 1. The van der Waals surface area contributed by atoms with E-state index in [1.54, 1.807) is 12.3 Å². The summed E-state index contributed by atoms with van der Waals surface area (Å²) in [6.45, 7) is 4.10. The summed E-state index contributed by atoms with van der Waals surface area (Å²) in [7, 11) is 1.94. The van der Waals surface area contributed by atoms with Crippen molar-refractivity contribution >= 4 is 5.91 Å². The molecule has 6 heteroatoms. The summed E-state index contributed by atoms with van der Waals surface area (Å²) in [6.07, 6.45) is 4.01. The molecule has 0 spiro atoms. The number of amides is 1. The van der Waals surface area contributed by atoms with E-state index in [2.05, 4.69) is 10.3 Å². The van der Waals surface area contributed by atoms with Crippen molar-refractivity contribution in [2.75, 3.05) is 19.6 Å². The average molecular weight is 330 g/mol. The normalized spacial score (nSPS) is 19.3. The van der Waals surface area contributed by atoms with E-state index in [-0.39, 0.29) is 23.7 Å². The van der Waals surface area contributed by atoms with Gasteiger partial charge >= 0.3 is 0 Å². The largest absolute Gasteiger partial charge is 0.336 e. The number of piperazine rings is 1. The number of carbonyl (C=O) groups is 1. The van der Waals surface area contributed by atoms with Crippen molar-refractivity contribution in [3.63, 3.8) is 0 Å². The van der Waals surface area contributed by atoms with Gasteiger partial charge in [0.25, 0.3) is 0 Å². The number of nitrogens with zero attached hydrogens (tertiary/aromatic N) is 3. The van der Waals surface area contributed by atoms with Gasteiger partial charge in [-0.2, -0.15) is 0 Å². The van der Waals surface area contributed by atoms with Crippen molar-refractivity contribution in [2.45, 2.75) is 25.3 Å². The van der Waals surface area contributed by atoms with Crippen LogP contribution < -0.4 is 5.32 Å². The van der Waals surface area contributed by atoms with E-state index in [0.29, 0.717) is 19.5 Å². The molecular weight excluding hydrogens is 307 g/mol. The van der Waals surface area contributed by atoms with Gasteiger partial charge in [0, 0.05) is 45.5 Å². The second-order valence-electron chi connectivity index (χ2n) is 6.36. The number of benzene rings is 1. The number of aryl methyl sites for hydroxylation is 1. The molecular formula is C18H23FN4O. The third-order valence-electron chi connectivity index (χ3n) is 4.62. The number of rotatable bonds is 4. The lowest BCUT2D eigenvalue weighted by molar-refractivity contribution is -0.135. The molecule has 2 unspecified atom stereocenters. The highest BCUT2D eigenvalue weighted by molar-refractivity contribution is 5.77. The van der Waals surface area contributed by atoms with Crippen molar-refractivity contribution in [1.29, 1.82) is 0 Å². The number of imidazole rings is 1. The molecule has 0 radical (unpaired) electrons. The van der Waals surface area contributed by atoms with Crippen LogP contribution in [0.15, 0.2) is 36.7 Å². The van der Waals surface area contributed by atoms with Crippen LogP contribution in [0.1, 0.15) is 36.7 Å². The molecule has 0 bridgehead atoms. The van der Waals surface area contributed by atoms with Gasteiger partial charge in [0.05, 0.1) is 0 Å². The summed E-state index contributed by atoms with van der Waals surface area (Å²) >= 11 is 0. The minimum absolute atomic E-state index is 0.0230. The number of hydrogen-bond acceptors (Lipinski definition) is 3. The molecule has 1 aromatic heterocycles. The number of halogens is 1. The quantitative estimate of drug-likeness (QED) is 0.935. The SMILES string of the molecule is CC(CC(=O)N1CCNCC1c1nccn1C)c1cccc(F)c1. The maximum Gasteiger partial charge on any atom is 0.223 e. The van der Waals surface area contributed by atoms with Crippen LogP contribution in [0.4, 0.5) is 4.39 Å². The highest BCUT2D eigenvalue weighted by Gasteiger charge is 2.31. The van der Waals surface area contributed by atoms with E-state index >= 15 is 0 Å². The lowest BCUT2D eigenvalue weighted by Crippen LogP contribution is -2.49. The van der Waals surface area contributed by atoms with E-state index in [4.69, 9.17) is 0 Å². The zero-order valence-corrected chi connectivity index (χ0v) is 14.1. The molecule has 5 nitrogen and oxygen atoms in total. The Labute approximate surface area is 141 Å². The minimum atomic E-state index is -0.264. The third kappa shape index (κ3) is 3.48. The monoisotopic (exact) mass is 330 g/mol. The average Bonchev–Trinajstić information content (AvgIpc) is 3.00. The third-order valence-corrected chi connectivity index (χ3v) is 4.62. The Morgan fingerprint density at radius 1 is 1.50 bits per heavy atom. The van der Waals surface area contributed by atoms with Gasteiger partial charge < -0.3 is 14.8 Å². The molecule has 1 saturated heterocycles. The van der Waals surface area contributed by atoms with Crippen molar-refractivity contribution < 1.29 is 9.18 Å². The predicted octanol–water partition coefficient (Wildman–Crippen LogP) is 2.23. The van der Waals surface area contributed by atoms with E-state index in [0.717, 1.165) is 17.9 Å². The first kappa shape index (κ1) is 16.6. The topological polar surface area (TPSA) is 50.2 Å². The molecule has 3 rings (SSSR count).